The fraction of sp³-hybridized carbons (Fsp3) is 0.455. The van der Waals surface area contributed by atoms with Crippen molar-refractivity contribution in [2.24, 2.45) is 0 Å². The predicted octanol–water partition coefficient (Wildman–Crippen LogP) is -1.67. The number of rotatable bonds is 10. The molecular formula is C22H27N4O12P. The van der Waals surface area contributed by atoms with Gasteiger partial charge < -0.3 is 34.4 Å². The van der Waals surface area contributed by atoms with Gasteiger partial charge >= 0.3 is 25.4 Å². The van der Waals surface area contributed by atoms with Crippen LogP contribution in [0.5, 0.6) is 5.75 Å². The summed E-state index contributed by atoms with van der Waals surface area (Å²) >= 11 is 0. The lowest BCUT2D eigenvalue weighted by Gasteiger charge is -2.33. The molecular weight excluding hydrogens is 543 g/mol. The molecule has 212 valence electrons. The first-order chi connectivity index (χ1) is 18.1. The van der Waals surface area contributed by atoms with Crippen LogP contribution in [0.4, 0.5) is 0 Å². The van der Waals surface area contributed by atoms with Gasteiger partial charge in [-0.05, 0) is 32.9 Å². The number of nitrogens with one attached hydrogen (secondary N) is 2. The molecule has 1 aromatic heterocycles. The molecule has 6 N–H and O–H groups in total. The predicted molar refractivity (Wildman–Crippen MR) is 130 cm³/mol. The van der Waals surface area contributed by atoms with E-state index in [1.54, 1.807) is 25.8 Å². The summed E-state index contributed by atoms with van der Waals surface area (Å²) in [6.45, 7) is 4.37. The van der Waals surface area contributed by atoms with Gasteiger partial charge in [-0.15, -0.1) is 6.42 Å². The van der Waals surface area contributed by atoms with Gasteiger partial charge in [-0.3, -0.25) is 14.6 Å². The summed E-state index contributed by atoms with van der Waals surface area (Å²) in [4.78, 5) is 37.7. The fourth-order valence-corrected chi connectivity index (χ4v) is 5.04. The number of hydrogen-bond acceptors (Lipinski definition) is 13. The molecule has 2 aromatic rings. The molecule has 0 radical (unpaired) electrons. The highest BCUT2D eigenvalue weighted by Crippen LogP contribution is 2.51. The van der Waals surface area contributed by atoms with Gasteiger partial charge in [0.2, 0.25) is 5.60 Å². The molecule has 0 aliphatic carbocycles. The minimum atomic E-state index is -4.96. The first-order valence-corrected chi connectivity index (χ1v) is 12.9. The number of ether oxygens (including phenoxy) is 2. The van der Waals surface area contributed by atoms with Crippen LogP contribution in [-0.2, 0) is 23.4 Å². The summed E-state index contributed by atoms with van der Waals surface area (Å²) in [5, 5.41) is 48.9. The minimum absolute atomic E-state index is 0.0940. The lowest BCUT2D eigenvalue weighted by atomic mass is 9.94. The van der Waals surface area contributed by atoms with Crippen LogP contribution < -0.4 is 20.9 Å². The van der Waals surface area contributed by atoms with Crippen molar-refractivity contribution in [3.05, 3.63) is 57.4 Å². The maximum absolute atomic E-state index is 13.7. The van der Waals surface area contributed by atoms with E-state index in [0.717, 1.165) is 0 Å². The highest BCUT2D eigenvalue weighted by Gasteiger charge is 2.64. The Hall–Kier alpha value is -3.39. The van der Waals surface area contributed by atoms with Crippen LogP contribution in [0, 0.1) is 12.3 Å². The van der Waals surface area contributed by atoms with Gasteiger partial charge in [0.15, 0.2) is 12.3 Å². The van der Waals surface area contributed by atoms with Crippen molar-refractivity contribution in [2.75, 3.05) is 0 Å². The number of benzene rings is 1. The van der Waals surface area contributed by atoms with Crippen molar-refractivity contribution in [3.63, 3.8) is 0 Å². The Kier molecular flexibility index (Phi) is 8.80. The topological polar surface area (TPSA) is 232 Å². The number of terminal acetylenes is 1. The van der Waals surface area contributed by atoms with E-state index < -0.39 is 67.1 Å². The van der Waals surface area contributed by atoms with E-state index in [1.165, 1.54) is 31.2 Å². The lowest BCUT2D eigenvalue weighted by molar-refractivity contribution is -0.354. The zero-order chi connectivity index (χ0) is 29.2. The molecule has 16 nitrogen and oxygen atoms in total. The number of aromatic nitrogens is 3. The third kappa shape index (κ3) is 6.61. The van der Waals surface area contributed by atoms with Gasteiger partial charge in [-0.1, -0.05) is 24.1 Å². The number of aromatic amines is 1. The molecule has 0 bridgehead atoms. The van der Waals surface area contributed by atoms with E-state index in [9.17, 15) is 39.4 Å². The normalized spacial score (nSPS) is 25.5. The van der Waals surface area contributed by atoms with Gasteiger partial charge in [-0.25, -0.2) is 13.9 Å². The number of aliphatic hydroxyl groups excluding tert-OH is 1. The Morgan fingerprint density at radius 1 is 1.31 bits per heavy atom. The van der Waals surface area contributed by atoms with E-state index >= 15 is 0 Å². The second-order valence-electron chi connectivity index (χ2n) is 8.70. The summed E-state index contributed by atoms with van der Waals surface area (Å²) in [5.74, 6) is -2.96. The molecule has 3 rings (SSSR count). The molecule has 1 aliphatic rings. The smallest absolute Gasteiger partial charge is 0.462 e. The number of H-pyrrole nitrogens is 1. The van der Waals surface area contributed by atoms with Crippen molar-refractivity contribution in [2.45, 2.75) is 62.9 Å². The third-order valence-electron chi connectivity index (χ3n) is 5.23. The summed E-state index contributed by atoms with van der Waals surface area (Å²) in [5.41, 5.74) is -4.98. The van der Waals surface area contributed by atoms with Crippen molar-refractivity contribution in [3.8, 4) is 18.1 Å². The lowest BCUT2D eigenvalue weighted by Crippen LogP contribution is -2.55. The maximum atomic E-state index is 13.7. The van der Waals surface area contributed by atoms with Crippen LogP contribution in [0.3, 0.4) is 0 Å². The Balaban J connectivity index is 1.96. The Labute approximate surface area is 220 Å². The van der Waals surface area contributed by atoms with Crippen molar-refractivity contribution >= 4 is 13.7 Å². The number of para-hydroxylation sites is 1. The van der Waals surface area contributed by atoms with Crippen LogP contribution in [-0.4, -0.2) is 77.1 Å². The van der Waals surface area contributed by atoms with Crippen molar-refractivity contribution < 1.29 is 48.3 Å². The molecule has 1 fully saturated rings. The largest absolute Gasteiger partial charge is 0.463 e. The molecule has 0 saturated carbocycles. The number of hydrogen-bond donors (Lipinski definition) is 6. The molecule has 6 atom stereocenters. The number of carbonyl (C=O) groups excluding carboxylic acids is 1. The van der Waals surface area contributed by atoms with Gasteiger partial charge in [-0.2, -0.15) is 14.9 Å². The van der Waals surface area contributed by atoms with Crippen LogP contribution in [0.25, 0.3) is 0 Å². The molecule has 0 spiro atoms. The number of carbonyl (C=O) groups is 1. The SMILES string of the molecule is C#CC1(O)[C@@H](O)[C@@H](C(O)(O)OP(=O)(N[C@@H](C)C(=O)OC(C)C)Oc2ccccc2)O[C@H]1n1ncc(=O)[nH]c1=O. The standard InChI is InChI=1S/C22H27N4O12P/c1-5-21(31)16(28)17(36-19(21)26-20(30)24-15(27)11-23-26)22(32,33)38-39(34,37-14-9-7-6-8-10-14)25-13(4)18(29)35-12(2)3/h1,6-13,16-17,19,28,31-33H,2-4H3,(H,25,34)(H,24,27,30)/t13-,16-,17-,19+,21?,39?/m0/s1. The molecule has 1 aliphatic heterocycles. The minimum Gasteiger partial charge on any atom is -0.462 e. The first-order valence-electron chi connectivity index (χ1n) is 11.3. The maximum Gasteiger partial charge on any atom is 0.463 e. The average molecular weight is 570 g/mol. The van der Waals surface area contributed by atoms with E-state index in [1.807, 2.05) is 4.98 Å². The Bertz CT molecular complexity index is 1390. The number of aliphatic hydroxyl groups is 4. The highest BCUT2D eigenvalue weighted by atomic mass is 31.2. The fourth-order valence-electron chi connectivity index (χ4n) is 3.46. The van der Waals surface area contributed by atoms with E-state index in [4.69, 9.17) is 24.9 Å². The molecule has 2 unspecified atom stereocenters. The summed E-state index contributed by atoms with van der Waals surface area (Å²) in [6.07, 6.45) is -1.49. The summed E-state index contributed by atoms with van der Waals surface area (Å²) < 4.78 is 34.6. The second-order valence-corrected chi connectivity index (χ2v) is 10.3. The van der Waals surface area contributed by atoms with E-state index in [2.05, 4.69) is 10.2 Å². The van der Waals surface area contributed by atoms with Crippen LogP contribution >= 0.6 is 7.75 Å². The molecule has 39 heavy (non-hydrogen) atoms. The van der Waals surface area contributed by atoms with Crippen molar-refractivity contribution in [1.29, 1.82) is 0 Å². The van der Waals surface area contributed by atoms with Crippen LogP contribution in [0.1, 0.15) is 27.0 Å². The second kappa shape index (κ2) is 11.4. The third-order valence-corrected chi connectivity index (χ3v) is 6.90. The first kappa shape index (κ1) is 30.2. The zero-order valence-electron chi connectivity index (χ0n) is 20.8. The quantitative estimate of drug-likeness (QED) is 0.0811. The highest BCUT2D eigenvalue weighted by molar-refractivity contribution is 7.52. The number of nitrogens with zero attached hydrogens (tertiary/aromatic N) is 2. The van der Waals surface area contributed by atoms with Gasteiger partial charge in [0.1, 0.15) is 24.1 Å². The molecule has 1 aromatic carbocycles. The van der Waals surface area contributed by atoms with Gasteiger partial charge in [0.25, 0.3) is 5.56 Å². The zero-order valence-corrected chi connectivity index (χ0v) is 21.7. The van der Waals surface area contributed by atoms with Gasteiger partial charge in [0.05, 0.1) is 6.10 Å². The monoisotopic (exact) mass is 570 g/mol. The van der Waals surface area contributed by atoms with E-state index in [-0.39, 0.29) is 5.75 Å². The molecule has 0 amide bonds. The van der Waals surface area contributed by atoms with Crippen LogP contribution in [0.15, 0.2) is 46.1 Å². The summed E-state index contributed by atoms with van der Waals surface area (Å²) in [6, 6.07) is 5.90. The van der Waals surface area contributed by atoms with Crippen LogP contribution in [0.2, 0.25) is 0 Å². The molecule has 1 saturated heterocycles. The molecule has 2 heterocycles. The average Bonchev–Trinajstić information content (AvgIpc) is 3.10. The van der Waals surface area contributed by atoms with E-state index in [0.29, 0.717) is 10.9 Å². The number of esters is 1. The Morgan fingerprint density at radius 3 is 2.51 bits per heavy atom. The Morgan fingerprint density at radius 2 is 1.95 bits per heavy atom. The van der Waals surface area contributed by atoms with Crippen molar-refractivity contribution in [1.82, 2.24) is 19.9 Å². The molecule has 17 heteroatoms. The summed E-state index contributed by atoms with van der Waals surface area (Å²) in [7, 11) is -4.96. The van der Waals surface area contributed by atoms with Gasteiger partial charge in [0, 0.05) is 0 Å².